The normalized spacial score (nSPS) is 11.0. The van der Waals surface area contributed by atoms with E-state index in [0.717, 1.165) is 17.1 Å². The van der Waals surface area contributed by atoms with Crippen LogP contribution in [0.3, 0.4) is 0 Å². The van der Waals surface area contributed by atoms with Crippen LogP contribution in [0.5, 0.6) is 0 Å². The molecule has 24 heavy (non-hydrogen) atoms. The highest BCUT2D eigenvalue weighted by Gasteiger charge is 2.16. The highest BCUT2D eigenvalue weighted by atomic mass is 32.1. The molecule has 0 spiro atoms. The van der Waals surface area contributed by atoms with Gasteiger partial charge in [0.2, 0.25) is 5.89 Å². The molecule has 7 nitrogen and oxygen atoms in total. The number of nitrogens with one attached hydrogen (secondary N) is 1. The molecule has 0 unspecified atom stereocenters. The van der Waals surface area contributed by atoms with Gasteiger partial charge in [-0.1, -0.05) is 47.7 Å². The van der Waals surface area contributed by atoms with E-state index in [-0.39, 0.29) is 11.9 Å². The van der Waals surface area contributed by atoms with Gasteiger partial charge >= 0.3 is 6.01 Å². The van der Waals surface area contributed by atoms with Crippen molar-refractivity contribution in [1.29, 1.82) is 0 Å². The van der Waals surface area contributed by atoms with E-state index in [0.29, 0.717) is 28.8 Å². The number of hydrogen-bond acceptors (Lipinski definition) is 7. The second kappa shape index (κ2) is 6.88. The van der Waals surface area contributed by atoms with Gasteiger partial charge in [0.25, 0.3) is 5.91 Å². The van der Waals surface area contributed by atoms with Gasteiger partial charge in [-0.3, -0.25) is 10.1 Å². The van der Waals surface area contributed by atoms with Crippen LogP contribution in [0.25, 0.3) is 0 Å². The van der Waals surface area contributed by atoms with Gasteiger partial charge in [0.1, 0.15) is 4.88 Å². The van der Waals surface area contributed by atoms with Crippen LogP contribution in [0.4, 0.5) is 6.01 Å². The molecule has 0 saturated heterocycles. The Labute approximate surface area is 143 Å². The van der Waals surface area contributed by atoms with Crippen LogP contribution in [0, 0.1) is 6.92 Å². The summed E-state index contributed by atoms with van der Waals surface area (Å²) in [5.41, 5.74) is 2.93. The van der Waals surface area contributed by atoms with E-state index in [1.165, 1.54) is 5.56 Å². The first-order chi connectivity index (χ1) is 11.5. The van der Waals surface area contributed by atoms with Gasteiger partial charge in [-0.05, 0) is 35.5 Å². The summed E-state index contributed by atoms with van der Waals surface area (Å²) >= 11 is 1.03. The number of hydrogen-bond donors (Lipinski definition) is 1. The Bertz CT molecular complexity index is 838. The first-order valence-electron chi connectivity index (χ1n) is 7.54. The molecule has 124 valence electrons. The van der Waals surface area contributed by atoms with E-state index in [1.54, 1.807) is 6.92 Å². The highest BCUT2D eigenvalue weighted by Crippen LogP contribution is 2.18. The Hall–Kier alpha value is -2.61. The maximum atomic E-state index is 12.1. The molecule has 1 N–H and O–H groups in total. The van der Waals surface area contributed by atoms with Gasteiger partial charge in [-0.25, -0.2) is 0 Å². The van der Waals surface area contributed by atoms with Crippen LogP contribution >= 0.6 is 11.5 Å². The maximum absolute atomic E-state index is 12.1. The molecule has 0 fully saturated rings. The zero-order valence-electron chi connectivity index (χ0n) is 13.6. The molecular weight excluding hydrogens is 326 g/mol. The van der Waals surface area contributed by atoms with Gasteiger partial charge in [0, 0.05) is 0 Å². The Morgan fingerprint density at radius 1 is 1.21 bits per heavy atom. The fourth-order valence-electron chi connectivity index (χ4n) is 2.16. The van der Waals surface area contributed by atoms with Crippen LogP contribution in [-0.4, -0.2) is 25.7 Å². The van der Waals surface area contributed by atoms with Crippen LogP contribution < -0.4 is 5.32 Å². The van der Waals surface area contributed by atoms with Crippen molar-refractivity contribution >= 4 is 23.5 Å². The van der Waals surface area contributed by atoms with E-state index in [2.05, 4.69) is 51.1 Å². The molecule has 0 bridgehead atoms. The van der Waals surface area contributed by atoms with Crippen molar-refractivity contribution in [3.8, 4) is 0 Å². The molecule has 3 rings (SSSR count). The summed E-state index contributed by atoms with van der Waals surface area (Å²) < 4.78 is 9.21. The predicted molar refractivity (Wildman–Crippen MR) is 90.2 cm³/mol. The number of amides is 1. The topological polar surface area (TPSA) is 93.8 Å². The molecular formula is C16H17N5O2S. The highest BCUT2D eigenvalue weighted by molar-refractivity contribution is 7.08. The number of aromatic nitrogens is 4. The molecule has 0 aliphatic heterocycles. The smallest absolute Gasteiger partial charge is 0.322 e. The summed E-state index contributed by atoms with van der Waals surface area (Å²) in [6, 6.07) is 8.35. The summed E-state index contributed by atoms with van der Waals surface area (Å²) in [5, 5.41) is 14.2. The number of carbonyl (C=O) groups excluding carboxylic acids is 1. The monoisotopic (exact) mass is 343 g/mol. The molecule has 2 heterocycles. The minimum absolute atomic E-state index is 0.0709. The van der Waals surface area contributed by atoms with E-state index in [9.17, 15) is 4.79 Å². The molecule has 0 aliphatic rings. The molecule has 1 amide bonds. The lowest BCUT2D eigenvalue weighted by atomic mass is 10.0. The molecule has 8 heteroatoms. The molecule has 3 aromatic rings. The van der Waals surface area contributed by atoms with Crippen LogP contribution in [-0.2, 0) is 6.42 Å². The van der Waals surface area contributed by atoms with Crippen molar-refractivity contribution in [3.05, 3.63) is 51.9 Å². The standard InChI is InChI=1S/C16H17N5O2S/c1-9(2)12-6-4-11(5-7-12)8-13-19-20-16(23-13)17-15(22)14-10(3)18-21-24-14/h4-7,9H,8H2,1-3H3,(H,17,20,22). The average Bonchev–Trinajstić information content (AvgIpc) is 3.17. The number of benzene rings is 1. The molecule has 0 saturated carbocycles. The van der Waals surface area contributed by atoms with Crippen molar-refractivity contribution in [3.63, 3.8) is 0 Å². The molecule has 2 aromatic heterocycles. The minimum Gasteiger partial charge on any atom is -0.407 e. The third kappa shape index (κ3) is 3.65. The molecule has 0 aliphatic carbocycles. The van der Waals surface area contributed by atoms with E-state index >= 15 is 0 Å². The zero-order valence-corrected chi connectivity index (χ0v) is 14.4. The Morgan fingerprint density at radius 2 is 1.96 bits per heavy atom. The van der Waals surface area contributed by atoms with Crippen LogP contribution in [0.15, 0.2) is 28.7 Å². The SMILES string of the molecule is Cc1nnsc1C(=O)Nc1nnc(Cc2ccc(C(C)C)cc2)o1. The average molecular weight is 343 g/mol. The van der Waals surface area contributed by atoms with Gasteiger partial charge in [0.15, 0.2) is 0 Å². The minimum atomic E-state index is -0.348. The quantitative estimate of drug-likeness (QED) is 0.764. The summed E-state index contributed by atoms with van der Waals surface area (Å²) in [4.78, 5) is 12.5. The van der Waals surface area contributed by atoms with Crippen molar-refractivity contribution in [2.24, 2.45) is 0 Å². The van der Waals surface area contributed by atoms with Crippen LogP contribution in [0.2, 0.25) is 0 Å². The van der Waals surface area contributed by atoms with E-state index < -0.39 is 0 Å². The lowest BCUT2D eigenvalue weighted by Crippen LogP contribution is -2.11. The third-order valence-electron chi connectivity index (χ3n) is 3.55. The van der Waals surface area contributed by atoms with Gasteiger partial charge < -0.3 is 4.42 Å². The Kier molecular flexibility index (Phi) is 4.66. The van der Waals surface area contributed by atoms with Gasteiger partial charge in [-0.2, -0.15) is 0 Å². The number of carbonyl (C=O) groups is 1. The first-order valence-corrected chi connectivity index (χ1v) is 8.32. The number of anilines is 1. The van der Waals surface area contributed by atoms with E-state index in [1.807, 2.05) is 12.1 Å². The Balaban J connectivity index is 1.65. The largest absolute Gasteiger partial charge is 0.407 e. The zero-order chi connectivity index (χ0) is 17.1. The molecule has 1 aromatic carbocycles. The van der Waals surface area contributed by atoms with Crippen molar-refractivity contribution in [1.82, 2.24) is 19.8 Å². The molecule has 0 radical (unpaired) electrons. The lowest BCUT2D eigenvalue weighted by molar-refractivity contribution is 0.102. The van der Waals surface area contributed by atoms with Gasteiger partial charge in [-0.15, -0.1) is 10.2 Å². The van der Waals surface area contributed by atoms with Gasteiger partial charge in [0.05, 0.1) is 12.1 Å². The summed E-state index contributed by atoms with van der Waals surface area (Å²) in [6.45, 7) is 6.03. The lowest BCUT2D eigenvalue weighted by Gasteiger charge is -2.05. The predicted octanol–water partition coefficient (Wildman–Crippen LogP) is 3.20. The van der Waals surface area contributed by atoms with Crippen molar-refractivity contribution in [2.75, 3.05) is 5.32 Å². The summed E-state index contributed by atoms with van der Waals surface area (Å²) in [6.07, 6.45) is 0.516. The van der Waals surface area contributed by atoms with Crippen LogP contribution in [0.1, 0.15) is 52.1 Å². The maximum Gasteiger partial charge on any atom is 0.322 e. The van der Waals surface area contributed by atoms with E-state index in [4.69, 9.17) is 4.42 Å². The summed E-state index contributed by atoms with van der Waals surface area (Å²) in [5.74, 6) is 0.592. The number of rotatable bonds is 5. The Morgan fingerprint density at radius 3 is 2.58 bits per heavy atom. The fraction of sp³-hybridized carbons (Fsp3) is 0.312. The van der Waals surface area contributed by atoms with Crippen molar-refractivity contribution in [2.45, 2.75) is 33.1 Å². The second-order valence-electron chi connectivity index (χ2n) is 5.72. The third-order valence-corrected chi connectivity index (χ3v) is 4.37. The van der Waals surface area contributed by atoms with Crippen molar-refractivity contribution < 1.29 is 9.21 Å². The first kappa shape index (κ1) is 16.3. The summed E-state index contributed by atoms with van der Waals surface area (Å²) in [7, 11) is 0. The molecule has 0 atom stereocenters. The second-order valence-corrected chi connectivity index (χ2v) is 6.47. The number of aryl methyl sites for hydroxylation is 1. The fourth-order valence-corrected chi connectivity index (χ4v) is 2.72. The number of nitrogens with zero attached hydrogens (tertiary/aromatic N) is 4.